The highest BCUT2D eigenvalue weighted by molar-refractivity contribution is 6.00. The molecule has 9 heteroatoms. The average molecular weight is 344 g/mol. The zero-order chi connectivity index (χ0) is 17.8. The predicted molar refractivity (Wildman–Crippen MR) is 89.4 cm³/mol. The summed E-state index contributed by atoms with van der Waals surface area (Å²) in [6, 6.07) is 7.11. The SMILES string of the molecule is NC(=O)CN1CCN(C(=O)c2ccccc2-c2ncn[nH]2)C[C@H](O)C1. The molecule has 9 nitrogen and oxygen atoms in total. The molecule has 3 rings (SSSR count). The monoisotopic (exact) mass is 344 g/mol. The summed E-state index contributed by atoms with van der Waals surface area (Å²) in [5.41, 5.74) is 6.35. The molecule has 0 spiro atoms. The third kappa shape index (κ3) is 4.01. The van der Waals surface area contributed by atoms with Gasteiger partial charge < -0.3 is 15.7 Å². The zero-order valence-electron chi connectivity index (χ0n) is 13.6. The number of aliphatic hydroxyl groups is 1. The molecule has 132 valence electrons. The van der Waals surface area contributed by atoms with Crippen molar-refractivity contribution in [1.29, 1.82) is 0 Å². The molecule has 1 aliphatic rings. The maximum atomic E-state index is 13.0. The first kappa shape index (κ1) is 17.1. The van der Waals surface area contributed by atoms with Crippen molar-refractivity contribution in [3.8, 4) is 11.4 Å². The van der Waals surface area contributed by atoms with E-state index in [1.807, 2.05) is 6.07 Å². The van der Waals surface area contributed by atoms with Crippen LogP contribution in [0.4, 0.5) is 0 Å². The van der Waals surface area contributed by atoms with Crippen LogP contribution in [0.25, 0.3) is 11.4 Å². The summed E-state index contributed by atoms with van der Waals surface area (Å²) in [6.07, 6.45) is 0.636. The van der Waals surface area contributed by atoms with Crippen molar-refractivity contribution in [2.45, 2.75) is 6.10 Å². The number of nitrogens with one attached hydrogen (secondary N) is 1. The van der Waals surface area contributed by atoms with E-state index in [1.54, 1.807) is 28.0 Å². The Kier molecular flexibility index (Phi) is 5.05. The lowest BCUT2D eigenvalue weighted by molar-refractivity contribution is -0.119. The minimum atomic E-state index is -0.747. The van der Waals surface area contributed by atoms with Gasteiger partial charge in [-0.05, 0) is 6.07 Å². The number of aromatic nitrogens is 3. The zero-order valence-corrected chi connectivity index (χ0v) is 13.6. The second kappa shape index (κ2) is 7.41. The maximum absolute atomic E-state index is 13.0. The van der Waals surface area contributed by atoms with E-state index in [2.05, 4.69) is 15.2 Å². The third-order valence-electron chi connectivity index (χ3n) is 4.08. The van der Waals surface area contributed by atoms with Crippen LogP contribution >= 0.6 is 0 Å². The number of nitrogens with zero attached hydrogens (tertiary/aromatic N) is 4. The standard InChI is InChI=1S/C16H20N6O3/c17-14(24)9-21-5-6-22(8-11(23)7-21)16(25)13-4-2-1-3-12(13)15-18-10-19-20-15/h1-4,10-11,23H,5-9H2,(H2,17,24)(H,18,19,20)/t11-/m1/s1. The van der Waals surface area contributed by atoms with Crippen molar-refractivity contribution >= 4 is 11.8 Å². The summed E-state index contributed by atoms with van der Waals surface area (Å²) in [5.74, 6) is -0.149. The Balaban J connectivity index is 1.81. The van der Waals surface area contributed by atoms with E-state index >= 15 is 0 Å². The van der Waals surface area contributed by atoms with Crippen molar-refractivity contribution in [2.75, 3.05) is 32.7 Å². The van der Waals surface area contributed by atoms with Gasteiger partial charge in [0.25, 0.3) is 5.91 Å². The highest BCUT2D eigenvalue weighted by Crippen LogP contribution is 2.21. The molecule has 25 heavy (non-hydrogen) atoms. The van der Waals surface area contributed by atoms with Crippen LogP contribution < -0.4 is 5.73 Å². The van der Waals surface area contributed by atoms with Gasteiger partial charge in [-0.2, -0.15) is 5.10 Å². The van der Waals surface area contributed by atoms with E-state index in [0.717, 1.165) is 0 Å². The number of aromatic amines is 1. The minimum Gasteiger partial charge on any atom is -0.390 e. The molecule has 0 saturated carbocycles. The van der Waals surface area contributed by atoms with E-state index in [0.29, 0.717) is 36.6 Å². The second-order valence-corrected chi connectivity index (χ2v) is 5.99. The fourth-order valence-corrected chi connectivity index (χ4v) is 2.99. The molecule has 2 aromatic rings. The first-order valence-electron chi connectivity index (χ1n) is 7.97. The van der Waals surface area contributed by atoms with Gasteiger partial charge in [0.15, 0.2) is 5.82 Å². The summed E-state index contributed by atoms with van der Waals surface area (Å²) in [6.45, 7) is 1.42. The van der Waals surface area contributed by atoms with Gasteiger partial charge in [-0.15, -0.1) is 0 Å². The lowest BCUT2D eigenvalue weighted by Crippen LogP contribution is -2.38. The molecule has 1 aromatic heterocycles. The van der Waals surface area contributed by atoms with Crippen LogP contribution in [-0.2, 0) is 4.79 Å². The van der Waals surface area contributed by atoms with E-state index in [4.69, 9.17) is 5.73 Å². The highest BCUT2D eigenvalue weighted by atomic mass is 16.3. The average Bonchev–Trinajstić information content (AvgIpc) is 3.05. The molecule has 1 saturated heterocycles. The number of carbonyl (C=O) groups excluding carboxylic acids is 2. The normalized spacial score (nSPS) is 18.8. The van der Waals surface area contributed by atoms with Gasteiger partial charge in [0.1, 0.15) is 6.33 Å². The topological polar surface area (TPSA) is 128 Å². The number of β-amino-alcohol motifs (C(OH)–C–C–N with tert-alkyl or cyclic N) is 1. The summed E-state index contributed by atoms with van der Waals surface area (Å²) in [7, 11) is 0. The molecular formula is C16H20N6O3. The van der Waals surface area contributed by atoms with Crippen LogP contribution in [-0.4, -0.2) is 80.7 Å². The Morgan fingerprint density at radius 2 is 2.08 bits per heavy atom. The van der Waals surface area contributed by atoms with Gasteiger partial charge >= 0.3 is 0 Å². The Labute approximate surface area is 144 Å². The van der Waals surface area contributed by atoms with Crippen LogP contribution in [0.1, 0.15) is 10.4 Å². The Morgan fingerprint density at radius 3 is 2.80 bits per heavy atom. The van der Waals surface area contributed by atoms with Crippen molar-refractivity contribution in [2.24, 2.45) is 5.73 Å². The van der Waals surface area contributed by atoms with Crippen LogP contribution in [0.5, 0.6) is 0 Å². The van der Waals surface area contributed by atoms with Crippen molar-refractivity contribution in [3.63, 3.8) is 0 Å². The molecule has 0 bridgehead atoms. The van der Waals surface area contributed by atoms with E-state index in [1.165, 1.54) is 6.33 Å². The Bertz CT molecular complexity index is 748. The smallest absolute Gasteiger partial charge is 0.254 e. The van der Waals surface area contributed by atoms with Gasteiger partial charge in [-0.1, -0.05) is 18.2 Å². The number of nitrogens with two attached hydrogens (primary N) is 1. The predicted octanol–water partition coefficient (Wildman–Crippen LogP) is -0.924. The Hall–Kier alpha value is -2.78. The molecule has 2 heterocycles. The number of carbonyl (C=O) groups is 2. The second-order valence-electron chi connectivity index (χ2n) is 5.99. The van der Waals surface area contributed by atoms with Crippen LogP contribution in [0.3, 0.4) is 0 Å². The number of aliphatic hydroxyl groups excluding tert-OH is 1. The number of amides is 2. The maximum Gasteiger partial charge on any atom is 0.254 e. The van der Waals surface area contributed by atoms with Gasteiger partial charge in [-0.3, -0.25) is 19.6 Å². The number of benzene rings is 1. The number of hydrogen-bond acceptors (Lipinski definition) is 6. The van der Waals surface area contributed by atoms with Crippen LogP contribution in [0.2, 0.25) is 0 Å². The molecule has 1 fully saturated rings. The molecule has 4 N–H and O–H groups in total. The molecule has 0 unspecified atom stereocenters. The molecule has 1 aliphatic heterocycles. The van der Waals surface area contributed by atoms with E-state index in [9.17, 15) is 14.7 Å². The largest absolute Gasteiger partial charge is 0.390 e. The van der Waals surface area contributed by atoms with Crippen LogP contribution in [0.15, 0.2) is 30.6 Å². The number of hydrogen-bond donors (Lipinski definition) is 3. The molecule has 1 atom stereocenters. The van der Waals surface area contributed by atoms with Gasteiger partial charge in [-0.25, -0.2) is 4.98 Å². The first-order valence-corrected chi connectivity index (χ1v) is 7.97. The first-order chi connectivity index (χ1) is 12.0. The molecule has 2 amide bonds. The minimum absolute atomic E-state index is 0.0632. The number of primary amides is 1. The third-order valence-corrected chi connectivity index (χ3v) is 4.08. The molecular weight excluding hydrogens is 324 g/mol. The summed E-state index contributed by atoms with van der Waals surface area (Å²) in [5, 5.41) is 16.8. The number of H-pyrrole nitrogens is 1. The lowest BCUT2D eigenvalue weighted by Gasteiger charge is -2.22. The van der Waals surface area contributed by atoms with E-state index < -0.39 is 12.0 Å². The Morgan fingerprint density at radius 1 is 1.28 bits per heavy atom. The fraction of sp³-hybridized carbons (Fsp3) is 0.375. The van der Waals surface area contributed by atoms with Crippen molar-refractivity contribution in [3.05, 3.63) is 36.2 Å². The molecule has 0 radical (unpaired) electrons. The highest BCUT2D eigenvalue weighted by Gasteiger charge is 2.27. The summed E-state index contributed by atoms with van der Waals surface area (Å²) < 4.78 is 0. The lowest BCUT2D eigenvalue weighted by atomic mass is 10.1. The van der Waals surface area contributed by atoms with Crippen molar-refractivity contribution < 1.29 is 14.7 Å². The quantitative estimate of drug-likeness (QED) is 0.658. The molecule has 1 aromatic carbocycles. The van der Waals surface area contributed by atoms with Gasteiger partial charge in [0.05, 0.1) is 18.2 Å². The van der Waals surface area contributed by atoms with E-state index in [-0.39, 0.29) is 19.0 Å². The van der Waals surface area contributed by atoms with Crippen LogP contribution in [0, 0.1) is 0 Å². The fourth-order valence-electron chi connectivity index (χ4n) is 2.99. The number of rotatable bonds is 4. The molecule has 0 aliphatic carbocycles. The summed E-state index contributed by atoms with van der Waals surface area (Å²) >= 11 is 0. The summed E-state index contributed by atoms with van der Waals surface area (Å²) in [4.78, 5) is 31.5. The van der Waals surface area contributed by atoms with Gasteiger partial charge in [0.2, 0.25) is 5.91 Å². The van der Waals surface area contributed by atoms with Crippen molar-refractivity contribution in [1.82, 2.24) is 25.0 Å². The van der Waals surface area contributed by atoms with Gasteiger partial charge in [0, 0.05) is 31.7 Å².